The van der Waals surface area contributed by atoms with Crippen LogP contribution in [0.15, 0.2) is 40.5 Å². The molecule has 1 atom stereocenters. The molecule has 2 aliphatic rings. The van der Waals surface area contributed by atoms with Crippen molar-refractivity contribution in [3.63, 3.8) is 0 Å². The molecule has 1 aromatic carbocycles. The Hall–Kier alpha value is -2.32. The first-order valence-corrected chi connectivity index (χ1v) is 7.73. The van der Waals surface area contributed by atoms with Crippen LogP contribution < -0.4 is 5.32 Å². The second-order valence-electron chi connectivity index (χ2n) is 4.83. The standard InChI is InChI=1S/C14H10ClN3O4S/c15-8-3-1-7(2-4-8)9-5-10(13(20)21)18(17-9)6-11-12(19)16-14(22)23-11/h1-4,6,10H,5H2,(H,20,21)(H,16,19,22)/b11-6-/t10-/m1/s1. The van der Waals surface area contributed by atoms with Gasteiger partial charge in [-0.05, 0) is 29.5 Å². The maximum absolute atomic E-state index is 11.6. The summed E-state index contributed by atoms with van der Waals surface area (Å²) in [6, 6.07) is 5.94. The molecule has 1 saturated heterocycles. The van der Waals surface area contributed by atoms with E-state index in [1.165, 1.54) is 11.2 Å². The summed E-state index contributed by atoms with van der Waals surface area (Å²) in [6.07, 6.45) is 1.47. The molecule has 0 saturated carbocycles. The molecule has 0 aromatic heterocycles. The average Bonchev–Trinajstić information content (AvgIpc) is 3.04. The van der Waals surface area contributed by atoms with E-state index < -0.39 is 23.2 Å². The fourth-order valence-corrected chi connectivity index (χ4v) is 2.97. The van der Waals surface area contributed by atoms with Crippen LogP contribution >= 0.6 is 23.4 Å². The topological polar surface area (TPSA) is 99.1 Å². The number of rotatable bonds is 3. The predicted octanol–water partition coefficient (Wildman–Crippen LogP) is 2.03. The van der Waals surface area contributed by atoms with Gasteiger partial charge in [0.15, 0.2) is 6.04 Å². The average molecular weight is 352 g/mol. The zero-order valence-electron chi connectivity index (χ0n) is 11.5. The number of nitrogens with one attached hydrogen (secondary N) is 1. The van der Waals surface area contributed by atoms with E-state index in [4.69, 9.17) is 11.6 Å². The highest BCUT2D eigenvalue weighted by atomic mass is 35.5. The third kappa shape index (κ3) is 3.22. The molecule has 0 unspecified atom stereocenters. The molecule has 2 heterocycles. The molecular weight excluding hydrogens is 342 g/mol. The van der Waals surface area contributed by atoms with Crippen molar-refractivity contribution in [1.29, 1.82) is 0 Å². The van der Waals surface area contributed by atoms with Crippen molar-refractivity contribution in [3.05, 3.63) is 46.0 Å². The van der Waals surface area contributed by atoms with Gasteiger partial charge >= 0.3 is 5.97 Å². The van der Waals surface area contributed by atoms with Gasteiger partial charge in [0.25, 0.3) is 11.1 Å². The van der Waals surface area contributed by atoms with Gasteiger partial charge in [-0.1, -0.05) is 23.7 Å². The number of aliphatic carboxylic acids is 1. The molecule has 118 valence electrons. The number of imide groups is 1. The predicted molar refractivity (Wildman–Crippen MR) is 85.1 cm³/mol. The van der Waals surface area contributed by atoms with Crippen LogP contribution in [0.25, 0.3) is 0 Å². The lowest BCUT2D eigenvalue weighted by Crippen LogP contribution is -2.31. The van der Waals surface area contributed by atoms with Gasteiger partial charge in [0, 0.05) is 17.6 Å². The number of hydrazone groups is 1. The van der Waals surface area contributed by atoms with Crippen LogP contribution in [0.1, 0.15) is 12.0 Å². The van der Waals surface area contributed by atoms with Gasteiger partial charge in [0.1, 0.15) is 4.91 Å². The van der Waals surface area contributed by atoms with Crippen LogP contribution in [0.3, 0.4) is 0 Å². The number of carboxylic acids is 1. The molecule has 0 aliphatic carbocycles. The lowest BCUT2D eigenvalue weighted by Gasteiger charge is -2.15. The van der Waals surface area contributed by atoms with Gasteiger partial charge in [-0.2, -0.15) is 5.10 Å². The van der Waals surface area contributed by atoms with Gasteiger partial charge in [-0.3, -0.25) is 19.9 Å². The molecule has 3 rings (SSSR count). The summed E-state index contributed by atoms with van der Waals surface area (Å²) in [7, 11) is 0. The van der Waals surface area contributed by atoms with Crippen molar-refractivity contribution in [2.45, 2.75) is 12.5 Å². The Morgan fingerprint density at radius 1 is 1.39 bits per heavy atom. The second kappa shape index (κ2) is 6.05. The third-order valence-corrected chi connectivity index (χ3v) is 4.35. The van der Waals surface area contributed by atoms with E-state index in [1.807, 2.05) is 0 Å². The van der Waals surface area contributed by atoms with Gasteiger partial charge in [0.05, 0.1) is 5.71 Å². The van der Waals surface area contributed by atoms with Crippen LogP contribution in [-0.4, -0.2) is 39.0 Å². The zero-order valence-corrected chi connectivity index (χ0v) is 13.1. The number of hydrogen-bond donors (Lipinski definition) is 2. The first-order valence-electron chi connectivity index (χ1n) is 6.53. The smallest absolute Gasteiger partial charge is 0.328 e. The number of carbonyl (C=O) groups excluding carboxylic acids is 2. The first kappa shape index (κ1) is 15.6. The molecule has 2 N–H and O–H groups in total. The number of carboxylic acid groups (broad SMARTS) is 1. The van der Waals surface area contributed by atoms with Crippen molar-refractivity contribution >= 4 is 46.2 Å². The fourth-order valence-electron chi connectivity index (χ4n) is 2.19. The maximum atomic E-state index is 11.6. The van der Waals surface area contributed by atoms with E-state index in [1.54, 1.807) is 24.3 Å². The van der Waals surface area contributed by atoms with Crippen LogP contribution in [0.5, 0.6) is 0 Å². The van der Waals surface area contributed by atoms with Crippen molar-refractivity contribution < 1.29 is 19.5 Å². The summed E-state index contributed by atoms with van der Waals surface area (Å²) in [5, 5.41) is 17.0. The Bertz CT molecular complexity index is 760. The number of nitrogens with zero attached hydrogens (tertiary/aromatic N) is 2. The van der Waals surface area contributed by atoms with E-state index in [9.17, 15) is 19.5 Å². The van der Waals surface area contributed by atoms with E-state index in [0.29, 0.717) is 22.5 Å². The van der Waals surface area contributed by atoms with Crippen molar-refractivity contribution in [2.75, 3.05) is 0 Å². The van der Waals surface area contributed by atoms with Gasteiger partial charge in [-0.25, -0.2) is 4.79 Å². The van der Waals surface area contributed by atoms with Crippen LogP contribution in [0, 0.1) is 0 Å². The Morgan fingerprint density at radius 2 is 2.09 bits per heavy atom. The number of halogens is 1. The molecule has 2 amide bonds. The molecule has 0 spiro atoms. The van der Waals surface area contributed by atoms with E-state index in [-0.39, 0.29) is 11.3 Å². The Labute approximate surface area is 140 Å². The molecule has 23 heavy (non-hydrogen) atoms. The number of hydrogen-bond acceptors (Lipinski definition) is 6. The number of benzene rings is 1. The quantitative estimate of drug-likeness (QED) is 0.808. The molecule has 1 fully saturated rings. The highest BCUT2D eigenvalue weighted by molar-refractivity contribution is 8.18. The normalized spacial score (nSPS) is 22.5. The molecule has 9 heteroatoms. The number of thioether (sulfide) groups is 1. The summed E-state index contributed by atoms with van der Waals surface area (Å²) >= 11 is 6.55. The van der Waals surface area contributed by atoms with Crippen LogP contribution in [0.4, 0.5) is 4.79 Å². The fraction of sp³-hybridized carbons (Fsp3) is 0.143. The summed E-state index contributed by atoms with van der Waals surface area (Å²) in [5.74, 6) is -1.62. The number of amides is 2. The Balaban J connectivity index is 1.91. The highest BCUT2D eigenvalue weighted by Gasteiger charge is 2.34. The molecular formula is C14H10ClN3O4S. The highest BCUT2D eigenvalue weighted by Crippen LogP contribution is 2.28. The van der Waals surface area contributed by atoms with E-state index in [2.05, 4.69) is 10.4 Å². The minimum atomic E-state index is -1.07. The van der Waals surface area contributed by atoms with Crippen LogP contribution in [-0.2, 0) is 9.59 Å². The van der Waals surface area contributed by atoms with Crippen molar-refractivity contribution in [3.8, 4) is 0 Å². The summed E-state index contributed by atoms with van der Waals surface area (Å²) in [5.41, 5.74) is 1.32. The zero-order chi connectivity index (χ0) is 16.6. The molecule has 0 bridgehead atoms. The van der Waals surface area contributed by atoms with Gasteiger partial charge in [-0.15, -0.1) is 0 Å². The van der Waals surface area contributed by atoms with Gasteiger partial charge < -0.3 is 5.11 Å². The summed E-state index contributed by atoms with van der Waals surface area (Å²) < 4.78 is 0. The lowest BCUT2D eigenvalue weighted by atomic mass is 10.0. The molecule has 7 nitrogen and oxygen atoms in total. The molecule has 1 aromatic rings. The minimum Gasteiger partial charge on any atom is -0.480 e. The van der Waals surface area contributed by atoms with E-state index in [0.717, 1.165) is 5.56 Å². The first-order chi connectivity index (χ1) is 10.9. The van der Waals surface area contributed by atoms with Crippen molar-refractivity contribution in [2.24, 2.45) is 5.10 Å². The van der Waals surface area contributed by atoms with E-state index >= 15 is 0 Å². The summed E-state index contributed by atoms with van der Waals surface area (Å²) in [4.78, 5) is 34.3. The SMILES string of the molecule is O=C1NC(=O)/C(=C/N2N=C(c3ccc(Cl)cc3)C[C@@H]2C(=O)O)S1. The second-order valence-corrected chi connectivity index (χ2v) is 6.28. The van der Waals surface area contributed by atoms with Gasteiger partial charge in [0.2, 0.25) is 0 Å². The molecule has 2 aliphatic heterocycles. The largest absolute Gasteiger partial charge is 0.480 e. The maximum Gasteiger partial charge on any atom is 0.328 e. The number of carbonyl (C=O) groups is 3. The van der Waals surface area contributed by atoms with Crippen LogP contribution in [0.2, 0.25) is 5.02 Å². The summed E-state index contributed by atoms with van der Waals surface area (Å²) in [6.45, 7) is 0. The minimum absolute atomic E-state index is 0.113. The monoisotopic (exact) mass is 351 g/mol. The Kier molecular flexibility index (Phi) is 4.10. The third-order valence-electron chi connectivity index (χ3n) is 3.30. The molecule has 0 radical (unpaired) electrons. The van der Waals surface area contributed by atoms with Crippen molar-refractivity contribution in [1.82, 2.24) is 10.3 Å². The lowest BCUT2D eigenvalue weighted by molar-refractivity contribution is -0.141. The Morgan fingerprint density at radius 3 is 2.65 bits per heavy atom.